The number of methoxy groups -OCH3 is 1. The molecule has 0 aromatic heterocycles. The SMILES string of the molecule is COC(=O)CC1(C)CNC1.Cl. The largest absolute Gasteiger partial charge is 0.469 e. The van der Waals surface area contributed by atoms with Gasteiger partial charge in [0.2, 0.25) is 0 Å². The molecule has 1 fully saturated rings. The topological polar surface area (TPSA) is 38.3 Å². The van der Waals surface area contributed by atoms with Crippen molar-refractivity contribution in [1.29, 1.82) is 0 Å². The Bertz CT molecular complexity index is 145. The van der Waals surface area contributed by atoms with Gasteiger partial charge in [0.15, 0.2) is 0 Å². The molecule has 0 bridgehead atoms. The summed E-state index contributed by atoms with van der Waals surface area (Å²) in [6.45, 7) is 3.95. The summed E-state index contributed by atoms with van der Waals surface area (Å²) in [6.07, 6.45) is 0.538. The molecule has 3 nitrogen and oxygen atoms in total. The Morgan fingerprint density at radius 3 is 2.45 bits per heavy atom. The van der Waals surface area contributed by atoms with E-state index in [0.717, 1.165) is 13.1 Å². The van der Waals surface area contributed by atoms with E-state index in [9.17, 15) is 4.79 Å². The Hall–Kier alpha value is -0.280. The van der Waals surface area contributed by atoms with Crippen LogP contribution in [0.5, 0.6) is 0 Å². The Kier molecular flexibility index (Phi) is 3.83. The third kappa shape index (κ3) is 2.67. The molecule has 0 aromatic carbocycles. The average Bonchev–Trinajstić information content (AvgIpc) is 1.84. The fraction of sp³-hybridized carbons (Fsp3) is 0.857. The van der Waals surface area contributed by atoms with Gasteiger partial charge in [-0.1, -0.05) is 6.92 Å². The minimum absolute atomic E-state index is 0. The van der Waals surface area contributed by atoms with E-state index in [1.54, 1.807) is 0 Å². The molecule has 0 saturated carbocycles. The van der Waals surface area contributed by atoms with Crippen molar-refractivity contribution in [3.8, 4) is 0 Å². The molecular weight excluding hydrogens is 166 g/mol. The van der Waals surface area contributed by atoms with E-state index in [2.05, 4.69) is 17.0 Å². The van der Waals surface area contributed by atoms with E-state index in [4.69, 9.17) is 0 Å². The first-order valence-corrected chi connectivity index (χ1v) is 3.44. The van der Waals surface area contributed by atoms with Crippen molar-refractivity contribution in [3.63, 3.8) is 0 Å². The highest BCUT2D eigenvalue weighted by Crippen LogP contribution is 2.25. The maximum absolute atomic E-state index is 10.8. The molecule has 4 heteroatoms. The first-order chi connectivity index (χ1) is 4.66. The standard InChI is InChI=1S/C7H13NO2.ClH/c1-7(4-8-5-7)3-6(9)10-2;/h8H,3-5H2,1-2H3;1H. The third-order valence-corrected chi connectivity index (χ3v) is 1.90. The van der Waals surface area contributed by atoms with Crippen LogP contribution in [0, 0.1) is 5.41 Å². The summed E-state index contributed by atoms with van der Waals surface area (Å²) >= 11 is 0. The Morgan fingerprint density at radius 1 is 1.64 bits per heavy atom. The van der Waals surface area contributed by atoms with Gasteiger partial charge in [-0.25, -0.2) is 0 Å². The highest BCUT2D eigenvalue weighted by molar-refractivity contribution is 5.85. The second-order valence-corrected chi connectivity index (χ2v) is 3.17. The van der Waals surface area contributed by atoms with Gasteiger partial charge in [-0.05, 0) is 0 Å². The lowest BCUT2D eigenvalue weighted by Gasteiger charge is -2.38. The second kappa shape index (κ2) is 3.93. The molecule has 1 rings (SSSR count). The van der Waals surface area contributed by atoms with E-state index in [-0.39, 0.29) is 23.8 Å². The number of ether oxygens (including phenoxy) is 1. The summed E-state index contributed by atoms with van der Waals surface area (Å²) in [5.41, 5.74) is 0.160. The highest BCUT2D eigenvalue weighted by atomic mass is 35.5. The van der Waals surface area contributed by atoms with Crippen molar-refractivity contribution in [3.05, 3.63) is 0 Å². The van der Waals surface area contributed by atoms with Crippen molar-refractivity contribution in [1.82, 2.24) is 5.32 Å². The number of halogens is 1. The number of rotatable bonds is 2. The van der Waals surface area contributed by atoms with Crippen LogP contribution in [0.2, 0.25) is 0 Å². The minimum atomic E-state index is -0.107. The Morgan fingerprint density at radius 2 is 2.18 bits per heavy atom. The lowest BCUT2D eigenvalue weighted by Crippen LogP contribution is -2.52. The Balaban J connectivity index is 0.000001000. The zero-order valence-electron chi connectivity index (χ0n) is 6.85. The van der Waals surface area contributed by atoms with Gasteiger partial charge in [0.25, 0.3) is 0 Å². The van der Waals surface area contributed by atoms with Crippen LogP contribution in [0.25, 0.3) is 0 Å². The quantitative estimate of drug-likeness (QED) is 0.631. The Labute approximate surface area is 72.9 Å². The van der Waals surface area contributed by atoms with Crippen molar-refractivity contribution < 1.29 is 9.53 Å². The van der Waals surface area contributed by atoms with Gasteiger partial charge in [-0.15, -0.1) is 12.4 Å². The first-order valence-electron chi connectivity index (χ1n) is 3.44. The maximum atomic E-state index is 10.8. The molecule has 1 aliphatic heterocycles. The number of hydrogen-bond donors (Lipinski definition) is 1. The van der Waals surface area contributed by atoms with E-state index in [1.807, 2.05) is 0 Å². The van der Waals surface area contributed by atoms with Crippen LogP contribution >= 0.6 is 12.4 Å². The van der Waals surface area contributed by atoms with Crippen LogP contribution < -0.4 is 5.32 Å². The maximum Gasteiger partial charge on any atom is 0.306 e. The first kappa shape index (κ1) is 10.7. The molecule has 1 N–H and O–H groups in total. The van der Waals surface area contributed by atoms with E-state index in [0.29, 0.717) is 6.42 Å². The fourth-order valence-electron chi connectivity index (χ4n) is 1.10. The molecule has 66 valence electrons. The van der Waals surface area contributed by atoms with Crippen molar-refractivity contribution >= 4 is 18.4 Å². The molecule has 1 saturated heterocycles. The lowest BCUT2D eigenvalue weighted by atomic mass is 9.81. The summed E-state index contributed by atoms with van der Waals surface area (Å²) in [5.74, 6) is -0.107. The molecule has 1 heterocycles. The predicted octanol–water partition coefficient (Wildman–Crippen LogP) is 0.581. The predicted molar refractivity (Wildman–Crippen MR) is 44.9 cm³/mol. The van der Waals surface area contributed by atoms with Gasteiger partial charge >= 0.3 is 5.97 Å². The van der Waals surface area contributed by atoms with Gasteiger partial charge in [-0.2, -0.15) is 0 Å². The fourth-order valence-corrected chi connectivity index (χ4v) is 1.10. The van der Waals surface area contributed by atoms with Gasteiger partial charge in [0.1, 0.15) is 0 Å². The number of carbonyl (C=O) groups is 1. The van der Waals surface area contributed by atoms with E-state index >= 15 is 0 Å². The lowest BCUT2D eigenvalue weighted by molar-refractivity contribution is -0.143. The molecule has 0 amide bonds. The van der Waals surface area contributed by atoms with Crippen LogP contribution in [0.1, 0.15) is 13.3 Å². The van der Waals surface area contributed by atoms with Gasteiger partial charge in [-0.3, -0.25) is 4.79 Å². The van der Waals surface area contributed by atoms with Gasteiger partial charge in [0, 0.05) is 18.5 Å². The van der Waals surface area contributed by atoms with Crippen LogP contribution in [0.4, 0.5) is 0 Å². The van der Waals surface area contributed by atoms with Crippen molar-refractivity contribution in [2.24, 2.45) is 5.41 Å². The highest BCUT2D eigenvalue weighted by Gasteiger charge is 2.34. The van der Waals surface area contributed by atoms with E-state index in [1.165, 1.54) is 7.11 Å². The monoisotopic (exact) mass is 179 g/mol. The molecule has 0 aliphatic carbocycles. The van der Waals surface area contributed by atoms with Crippen LogP contribution in [-0.4, -0.2) is 26.2 Å². The van der Waals surface area contributed by atoms with Crippen molar-refractivity contribution in [2.75, 3.05) is 20.2 Å². The molecule has 0 radical (unpaired) electrons. The van der Waals surface area contributed by atoms with E-state index < -0.39 is 0 Å². The normalized spacial score (nSPS) is 19.5. The summed E-state index contributed by atoms with van der Waals surface area (Å²) in [6, 6.07) is 0. The number of carbonyl (C=O) groups excluding carboxylic acids is 1. The summed E-state index contributed by atoms with van der Waals surface area (Å²) in [5, 5.41) is 3.12. The molecular formula is C7H14ClNO2. The van der Waals surface area contributed by atoms with Gasteiger partial charge < -0.3 is 10.1 Å². The minimum Gasteiger partial charge on any atom is -0.469 e. The zero-order valence-corrected chi connectivity index (χ0v) is 7.66. The zero-order chi connectivity index (χ0) is 7.61. The number of nitrogens with one attached hydrogen (secondary N) is 1. The van der Waals surface area contributed by atoms with Crippen LogP contribution in [0.15, 0.2) is 0 Å². The van der Waals surface area contributed by atoms with Crippen molar-refractivity contribution in [2.45, 2.75) is 13.3 Å². The molecule has 0 aromatic rings. The third-order valence-electron chi connectivity index (χ3n) is 1.90. The summed E-state index contributed by atoms with van der Waals surface area (Å²) in [4.78, 5) is 10.8. The molecule has 0 spiro atoms. The summed E-state index contributed by atoms with van der Waals surface area (Å²) < 4.78 is 4.56. The molecule has 0 unspecified atom stereocenters. The number of esters is 1. The molecule has 1 aliphatic rings. The smallest absolute Gasteiger partial charge is 0.306 e. The van der Waals surface area contributed by atoms with Crippen LogP contribution in [-0.2, 0) is 9.53 Å². The molecule has 11 heavy (non-hydrogen) atoms. The van der Waals surface area contributed by atoms with Crippen LogP contribution in [0.3, 0.4) is 0 Å². The average molecular weight is 180 g/mol. The summed E-state index contributed by atoms with van der Waals surface area (Å²) in [7, 11) is 1.43. The number of hydrogen-bond acceptors (Lipinski definition) is 3. The van der Waals surface area contributed by atoms with Gasteiger partial charge in [0.05, 0.1) is 13.5 Å². The molecule has 0 atom stereocenters. The second-order valence-electron chi connectivity index (χ2n) is 3.17.